The van der Waals surface area contributed by atoms with Crippen LogP contribution in [-0.4, -0.2) is 27.4 Å². The Balaban J connectivity index is 1.63. The number of nitrogens with one attached hydrogen (secondary N) is 1. The van der Waals surface area contributed by atoms with Gasteiger partial charge in [-0.2, -0.15) is 5.10 Å². The standard InChI is InChI=1S/C14H13Cl2F2N3O/c15-13(17)10-5-9(11(6-10)14(13,16)18)7-20-21-12(22)8-1-3-19-4-2-8/h1-4,7,9-11H,5-6H2,(H,21,22)/b20-7-/t9-,10+,11-,13+,14-/m0/s1. The molecular weight excluding hydrogens is 335 g/mol. The van der Waals surface area contributed by atoms with E-state index in [9.17, 15) is 13.6 Å². The number of alkyl halides is 4. The highest BCUT2D eigenvalue weighted by molar-refractivity contribution is 6.34. The summed E-state index contributed by atoms with van der Waals surface area (Å²) in [5.74, 6) is -2.15. The highest BCUT2D eigenvalue weighted by Gasteiger charge is 2.71. The second-order valence-corrected chi connectivity index (χ2v) is 6.74. The number of halogens is 4. The Morgan fingerprint density at radius 3 is 2.59 bits per heavy atom. The third kappa shape index (κ3) is 2.38. The molecular formula is C14H13Cl2F2N3O. The van der Waals surface area contributed by atoms with Gasteiger partial charge in [0.2, 0.25) is 10.3 Å². The van der Waals surface area contributed by atoms with E-state index in [2.05, 4.69) is 15.5 Å². The molecule has 0 radical (unpaired) electrons. The number of nitrogens with zero attached hydrogens (tertiary/aromatic N) is 2. The fourth-order valence-electron chi connectivity index (χ4n) is 3.23. The summed E-state index contributed by atoms with van der Waals surface area (Å²) in [5, 5.41) is -1.32. The van der Waals surface area contributed by atoms with Crippen molar-refractivity contribution in [3.05, 3.63) is 30.1 Å². The Hall–Kier alpha value is -1.27. The Morgan fingerprint density at radius 1 is 1.32 bits per heavy atom. The Bertz CT molecular complexity index is 609. The van der Waals surface area contributed by atoms with Crippen LogP contribution in [0.25, 0.3) is 0 Å². The Morgan fingerprint density at radius 2 is 2.00 bits per heavy atom. The monoisotopic (exact) mass is 347 g/mol. The zero-order chi connectivity index (χ0) is 16.0. The summed E-state index contributed by atoms with van der Waals surface area (Å²) in [7, 11) is 0. The summed E-state index contributed by atoms with van der Waals surface area (Å²) >= 11 is 11.3. The molecule has 1 aromatic heterocycles. The quantitative estimate of drug-likeness (QED) is 0.518. The van der Waals surface area contributed by atoms with Gasteiger partial charge in [-0.15, -0.1) is 0 Å². The Kier molecular flexibility index (Phi) is 3.85. The SMILES string of the molecule is O=C(N/N=C\[C@@H]1C[C@@H]2C[C@@H]1[C@@](F)(Cl)[C@@]2(F)Cl)c1ccncc1. The van der Waals surface area contributed by atoms with Crippen molar-refractivity contribution >= 4 is 35.3 Å². The molecule has 2 bridgehead atoms. The molecule has 1 amide bonds. The highest BCUT2D eigenvalue weighted by atomic mass is 35.5. The minimum absolute atomic E-state index is 0.273. The van der Waals surface area contributed by atoms with E-state index >= 15 is 0 Å². The van der Waals surface area contributed by atoms with E-state index in [1.165, 1.54) is 18.6 Å². The van der Waals surface area contributed by atoms with Crippen molar-refractivity contribution in [2.24, 2.45) is 22.9 Å². The number of aromatic nitrogens is 1. The Labute approximate surface area is 135 Å². The van der Waals surface area contributed by atoms with Gasteiger partial charge in [-0.1, -0.05) is 23.2 Å². The lowest BCUT2D eigenvalue weighted by Gasteiger charge is -2.36. The molecule has 22 heavy (non-hydrogen) atoms. The van der Waals surface area contributed by atoms with Crippen LogP contribution >= 0.6 is 23.2 Å². The van der Waals surface area contributed by atoms with E-state index in [1.54, 1.807) is 12.1 Å². The first kappa shape index (κ1) is 15.6. The average Bonchev–Trinajstić information content (AvgIpc) is 2.99. The number of carbonyl (C=O) groups excluding carboxylic acids is 1. The van der Waals surface area contributed by atoms with E-state index in [4.69, 9.17) is 23.2 Å². The number of carbonyl (C=O) groups is 1. The van der Waals surface area contributed by atoms with Gasteiger partial charge in [0, 0.05) is 41.9 Å². The minimum atomic E-state index is -2.61. The number of amides is 1. The molecule has 8 heteroatoms. The molecule has 2 aliphatic carbocycles. The smallest absolute Gasteiger partial charge is 0.267 e. The van der Waals surface area contributed by atoms with Gasteiger partial charge in [-0.3, -0.25) is 9.78 Å². The van der Waals surface area contributed by atoms with Crippen LogP contribution in [0.3, 0.4) is 0 Å². The third-order valence-electron chi connectivity index (χ3n) is 4.41. The van der Waals surface area contributed by atoms with Crippen LogP contribution in [0.4, 0.5) is 8.78 Å². The van der Waals surface area contributed by atoms with Crippen LogP contribution in [-0.2, 0) is 0 Å². The van der Waals surface area contributed by atoms with Crippen molar-refractivity contribution in [2.75, 3.05) is 0 Å². The maximum absolute atomic E-state index is 14.3. The first-order valence-corrected chi connectivity index (χ1v) is 7.59. The van der Waals surface area contributed by atoms with Gasteiger partial charge >= 0.3 is 0 Å². The number of hydrogen-bond donors (Lipinski definition) is 1. The van der Waals surface area contributed by atoms with Gasteiger partial charge in [0.05, 0.1) is 0 Å². The predicted octanol–water partition coefficient (Wildman–Crippen LogP) is 3.26. The molecule has 1 heterocycles. The van der Waals surface area contributed by atoms with Gasteiger partial charge in [0.25, 0.3) is 5.91 Å². The zero-order valence-electron chi connectivity index (χ0n) is 11.3. The van der Waals surface area contributed by atoms with Crippen molar-refractivity contribution in [1.29, 1.82) is 0 Å². The molecule has 2 saturated carbocycles. The topological polar surface area (TPSA) is 54.4 Å². The normalized spacial score (nSPS) is 40.3. The number of rotatable bonds is 3. The van der Waals surface area contributed by atoms with Crippen molar-refractivity contribution < 1.29 is 13.6 Å². The molecule has 2 aliphatic rings. The lowest BCUT2D eigenvalue weighted by molar-refractivity contribution is 0.0289. The molecule has 5 atom stereocenters. The molecule has 118 valence electrons. The molecule has 1 N–H and O–H groups in total. The maximum atomic E-state index is 14.3. The van der Waals surface area contributed by atoms with E-state index in [0.29, 0.717) is 12.0 Å². The molecule has 0 spiro atoms. The van der Waals surface area contributed by atoms with Gasteiger partial charge in [0.1, 0.15) is 0 Å². The number of hydrogen-bond acceptors (Lipinski definition) is 3. The average molecular weight is 348 g/mol. The molecule has 2 fully saturated rings. The lowest BCUT2D eigenvalue weighted by Crippen LogP contribution is -2.47. The van der Waals surface area contributed by atoms with Gasteiger partial charge in [-0.05, 0) is 25.0 Å². The third-order valence-corrected chi connectivity index (χ3v) is 5.65. The molecule has 1 aromatic rings. The summed E-state index contributed by atoms with van der Waals surface area (Å²) in [6.07, 6.45) is 5.01. The first-order chi connectivity index (χ1) is 10.3. The number of fused-ring (bicyclic) bond motifs is 2. The van der Waals surface area contributed by atoms with Crippen molar-refractivity contribution in [2.45, 2.75) is 23.1 Å². The fourth-order valence-corrected chi connectivity index (χ4v) is 3.95. The molecule has 4 nitrogen and oxygen atoms in total. The summed E-state index contributed by atoms with van der Waals surface area (Å²) in [6.45, 7) is 0. The first-order valence-electron chi connectivity index (χ1n) is 6.83. The van der Waals surface area contributed by atoms with Crippen LogP contribution in [0.1, 0.15) is 23.2 Å². The molecule has 0 saturated heterocycles. The fraction of sp³-hybridized carbons (Fsp3) is 0.500. The number of pyridine rings is 1. The molecule has 0 aliphatic heterocycles. The second-order valence-electron chi connectivity index (χ2n) is 5.64. The van der Waals surface area contributed by atoms with E-state index in [-0.39, 0.29) is 12.3 Å². The predicted molar refractivity (Wildman–Crippen MR) is 79.3 cm³/mol. The summed E-state index contributed by atoms with van der Waals surface area (Å²) in [6, 6.07) is 3.08. The highest BCUT2D eigenvalue weighted by Crippen LogP contribution is 2.65. The minimum Gasteiger partial charge on any atom is -0.267 e. The maximum Gasteiger partial charge on any atom is 0.271 e. The molecule has 0 aromatic carbocycles. The van der Waals surface area contributed by atoms with E-state index in [1.807, 2.05) is 0 Å². The van der Waals surface area contributed by atoms with Crippen molar-refractivity contribution in [1.82, 2.24) is 10.4 Å². The van der Waals surface area contributed by atoms with Gasteiger partial charge < -0.3 is 0 Å². The lowest BCUT2D eigenvalue weighted by atomic mass is 9.86. The van der Waals surface area contributed by atoms with Crippen LogP contribution < -0.4 is 5.43 Å². The van der Waals surface area contributed by atoms with Crippen LogP contribution in [0, 0.1) is 17.8 Å². The van der Waals surface area contributed by atoms with Gasteiger partial charge in [-0.25, -0.2) is 14.2 Å². The summed E-state index contributed by atoms with van der Waals surface area (Å²) in [5.41, 5.74) is 2.75. The van der Waals surface area contributed by atoms with Gasteiger partial charge in [0.15, 0.2) is 0 Å². The summed E-state index contributed by atoms with van der Waals surface area (Å²) in [4.78, 5) is 15.6. The van der Waals surface area contributed by atoms with Crippen molar-refractivity contribution in [3.63, 3.8) is 0 Å². The van der Waals surface area contributed by atoms with Crippen LogP contribution in [0.15, 0.2) is 29.6 Å². The summed E-state index contributed by atoms with van der Waals surface area (Å²) < 4.78 is 28.4. The zero-order valence-corrected chi connectivity index (χ0v) is 12.9. The van der Waals surface area contributed by atoms with E-state index in [0.717, 1.165) is 0 Å². The van der Waals surface area contributed by atoms with Crippen LogP contribution in [0.5, 0.6) is 0 Å². The second kappa shape index (κ2) is 5.42. The molecule has 0 unspecified atom stereocenters. The van der Waals surface area contributed by atoms with Crippen LogP contribution in [0.2, 0.25) is 0 Å². The number of hydrazone groups is 1. The largest absolute Gasteiger partial charge is 0.271 e. The van der Waals surface area contributed by atoms with Crippen molar-refractivity contribution in [3.8, 4) is 0 Å². The molecule has 3 rings (SSSR count). The van der Waals surface area contributed by atoms with E-state index < -0.39 is 28.0 Å².